The van der Waals surface area contributed by atoms with Crippen LogP contribution in [0.1, 0.15) is 12.5 Å². The van der Waals surface area contributed by atoms with Gasteiger partial charge in [-0.05, 0) is 23.8 Å². The van der Waals surface area contributed by atoms with Crippen LogP contribution < -0.4 is 4.90 Å². The van der Waals surface area contributed by atoms with E-state index in [4.69, 9.17) is 0 Å². The summed E-state index contributed by atoms with van der Waals surface area (Å²) in [5.41, 5.74) is 3.02. The van der Waals surface area contributed by atoms with E-state index in [9.17, 15) is 4.79 Å². The molecule has 0 bridgehead atoms. The van der Waals surface area contributed by atoms with Gasteiger partial charge in [-0.25, -0.2) is 0 Å². The van der Waals surface area contributed by atoms with E-state index in [-0.39, 0.29) is 5.91 Å². The Morgan fingerprint density at radius 3 is 2.93 bits per heavy atom. The molecule has 0 aliphatic carbocycles. The molecule has 3 heteroatoms. The molecule has 0 aromatic heterocycles. The van der Waals surface area contributed by atoms with Crippen molar-refractivity contribution in [1.82, 2.24) is 0 Å². The average Bonchev–Trinajstić information content (AvgIpc) is 2.44. The molecule has 72 valence electrons. The Hall–Kier alpha value is -1.09. The zero-order chi connectivity index (χ0) is 10.3. The van der Waals surface area contributed by atoms with E-state index < -0.39 is 0 Å². The first-order valence-corrected chi connectivity index (χ1v) is 5.14. The molecule has 0 unspecified atom stereocenters. The predicted octanol–water partition coefficient (Wildman–Crippen LogP) is 2.83. The summed E-state index contributed by atoms with van der Waals surface area (Å²) in [6.45, 7) is 6.14. The van der Waals surface area contributed by atoms with Crippen LogP contribution in [0.15, 0.2) is 29.3 Å². The minimum absolute atomic E-state index is 0.0622. The molecular weight excluding hydrogens is 242 g/mol. The van der Waals surface area contributed by atoms with E-state index in [1.807, 2.05) is 18.2 Å². The molecule has 0 fully saturated rings. The molecule has 0 N–H and O–H groups in total. The molecule has 1 amide bonds. The number of hydrogen-bond donors (Lipinski definition) is 0. The smallest absolute Gasteiger partial charge is 0.224 e. The minimum atomic E-state index is 0.0622. The lowest BCUT2D eigenvalue weighted by Gasteiger charge is -2.13. The van der Waals surface area contributed by atoms with Crippen LogP contribution in [0.2, 0.25) is 0 Å². The molecule has 2 rings (SSSR count). The van der Waals surface area contributed by atoms with Gasteiger partial charge >= 0.3 is 0 Å². The highest BCUT2D eigenvalue weighted by atomic mass is 79.9. The first kappa shape index (κ1) is 9.46. The number of benzene rings is 1. The van der Waals surface area contributed by atoms with E-state index in [1.165, 1.54) is 0 Å². The van der Waals surface area contributed by atoms with Crippen molar-refractivity contribution in [3.63, 3.8) is 0 Å². The molecule has 1 aromatic rings. The number of amides is 1. The Balaban J connectivity index is 2.55. The van der Waals surface area contributed by atoms with Crippen molar-refractivity contribution in [1.29, 1.82) is 0 Å². The van der Waals surface area contributed by atoms with Crippen molar-refractivity contribution < 1.29 is 4.79 Å². The van der Waals surface area contributed by atoms with E-state index in [2.05, 4.69) is 22.5 Å². The SMILES string of the molecule is C=C1CN(C(C)=O)c2ccc(Br)cc21. The van der Waals surface area contributed by atoms with Crippen LogP contribution in [0, 0.1) is 0 Å². The topological polar surface area (TPSA) is 20.3 Å². The molecule has 0 spiro atoms. The maximum absolute atomic E-state index is 11.3. The lowest BCUT2D eigenvalue weighted by molar-refractivity contribution is -0.116. The molecule has 0 radical (unpaired) electrons. The first-order valence-electron chi connectivity index (χ1n) is 4.35. The zero-order valence-electron chi connectivity index (χ0n) is 7.88. The van der Waals surface area contributed by atoms with Gasteiger partial charge in [-0.3, -0.25) is 4.79 Å². The summed E-state index contributed by atoms with van der Waals surface area (Å²) in [6.07, 6.45) is 0. The first-order chi connectivity index (χ1) is 6.59. The maximum atomic E-state index is 11.3. The highest BCUT2D eigenvalue weighted by Crippen LogP contribution is 2.36. The maximum Gasteiger partial charge on any atom is 0.224 e. The molecule has 0 saturated heterocycles. The largest absolute Gasteiger partial charge is 0.308 e. The van der Waals surface area contributed by atoms with Gasteiger partial charge in [0.15, 0.2) is 0 Å². The van der Waals surface area contributed by atoms with Crippen molar-refractivity contribution in [3.8, 4) is 0 Å². The number of carbonyl (C=O) groups is 1. The van der Waals surface area contributed by atoms with E-state index in [0.717, 1.165) is 21.3 Å². The van der Waals surface area contributed by atoms with Gasteiger partial charge in [-0.1, -0.05) is 22.5 Å². The molecule has 14 heavy (non-hydrogen) atoms. The van der Waals surface area contributed by atoms with E-state index >= 15 is 0 Å². The Labute approximate surface area is 91.3 Å². The Kier molecular flexibility index (Phi) is 2.19. The van der Waals surface area contributed by atoms with Gasteiger partial charge in [0.25, 0.3) is 0 Å². The van der Waals surface area contributed by atoms with Crippen LogP contribution in [0.5, 0.6) is 0 Å². The Morgan fingerprint density at radius 1 is 1.57 bits per heavy atom. The third-order valence-electron chi connectivity index (χ3n) is 2.36. The molecule has 2 nitrogen and oxygen atoms in total. The number of fused-ring (bicyclic) bond motifs is 1. The molecule has 1 aromatic carbocycles. The third-order valence-corrected chi connectivity index (χ3v) is 2.85. The molecule has 0 atom stereocenters. The number of rotatable bonds is 0. The summed E-state index contributed by atoms with van der Waals surface area (Å²) in [5.74, 6) is 0.0622. The number of carbonyl (C=O) groups excluding carboxylic acids is 1. The highest BCUT2D eigenvalue weighted by molar-refractivity contribution is 9.10. The van der Waals surface area contributed by atoms with Crippen LogP contribution >= 0.6 is 15.9 Å². The van der Waals surface area contributed by atoms with E-state index in [1.54, 1.807) is 11.8 Å². The molecule has 1 aliphatic rings. The van der Waals surface area contributed by atoms with Crippen molar-refractivity contribution in [2.24, 2.45) is 0 Å². The summed E-state index contributed by atoms with van der Waals surface area (Å²) in [4.78, 5) is 13.1. The van der Waals surface area contributed by atoms with Gasteiger partial charge < -0.3 is 4.90 Å². The summed E-state index contributed by atoms with van der Waals surface area (Å²) >= 11 is 3.40. The van der Waals surface area contributed by atoms with Crippen LogP contribution in [0.25, 0.3) is 5.57 Å². The lowest BCUT2D eigenvalue weighted by atomic mass is 10.1. The Bertz CT molecular complexity index is 425. The van der Waals surface area contributed by atoms with Crippen LogP contribution in [0.4, 0.5) is 5.69 Å². The second kappa shape index (κ2) is 3.24. The summed E-state index contributed by atoms with van der Waals surface area (Å²) in [6, 6.07) is 5.88. The van der Waals surface area contributed by atoms with E-state index in [0.29, 0.717) is 6.54 Å². The van der Waals surface area contributed by atoms with Crippen LogP contribution in [-0.4, -0.2) is 12.5 Å². The van der Waals surface area contributed by atoms with Gasteiger partial charge in [0.1, 0.15) is 0 Å². The van der Waals surface area contributed by atoms with Crippen LogP contribution in [0.3, 0.4) is 0 Å². The summed E-state index contributed by atoms with van der Waals surface area (Å²) < 4.78 is 1.02. The Morgan fingerprint density at radius 2 is 2.29 bits per heavy atom. The van der Waals surface area contributed by atoms with Crippen LogP contribution in [-0.2, 0) is 4.79 Å². The quantitative estimate of drug-likeness (QED) is 0.695. The fourth-order valence-electron chi connectivity index (χ4n) is 1.67. The predicted molar refractivity (Wildman–Crippen MR) is 61.2 cm³/mol. The van der Waals surface area contributed by atoms with Gasteiger partial charge in [-0.15, -0.1) is 0 Å². The number of anilines is 1. The fourth-order valence-corrected chi connectivity index (χ4v) is 2.03. The standard InChI is InChI=1S/C11H10BrNO/c1-7-6-13(8(2)14)11-4-3-9(12)5-10(7)11/h3-5H,1,6H2,2H3. The highest BCUT2D eigenvalue weighted by Gasteiger charge is 2.24. The molecular formula is C11H10BrNO. The molecule has 1 heterocycles. The third kappa shape index (κ3) is 1.38. The summed E-state index contributed by atoms with van der Waals surface area (Å²) in [7, 11) is 0. The number of halogens is 1. The zero-order valence-corrected chi connectivity index (χ0v) is 9.47. The van der Waals surface area contributed by atoms with Crippen molar-refractivity contribution in [2.45, 2.75) is 6.92 Å². The van der Waals surface area contributed by atoms with Crippen molar-refractivity contribution >= 4 is 33.1 Å². The van der Waals surface area contributed by atoms with Gasteiger partial charge in [-0.2, -0.15) is 0 Å². The summed E-state index contributed by atoms with van der Waals surface area (Å²) in [5, 5.41) is 0. The second-order valence-electron chi connectivity index (χ2n) is 3.37. The lowest BCUT2D eigenvalue weighted by Crippen LogP contribution is -2.25. The van der Waals surface area contributed by atoms with Crippen molar-refractivity contribution in [3.05, 3.63) is 34.8 Å². The average molecular weight is 252 g/mol. The van der Waals surface area contributed by atoms with Gasteiger partial charge in [0.2, 0.25) is 5.91 Å². The fraction of sp³-hybridized carbons (Fsp3) is 0.182. The van der Waals surface area contributed by atoms with Gasteiger partial charge in [0.05, 0.1) is 12.2 Å². The molecule has 1 aliphatic heterocycles. The molecule has 0 saturated carbocycles. The second-order valence-corrected chi connectivity index (χ2v) is 4.29. The number of nitrogens with zero attached hydrogens (tertiary/aromatic N) is 1. The van der Waals surface area contributed by atoms with Crippen molar-refractivity contribution in [2.75, 3.05) is 11.4 Å². The minimum Gasteiger partial charge on any atom is -0.308 e. The monoisotopic (exact) mass is 251 g/mol. The van der Waals surface area contributed by atoms with Gasteiger partial charge in [0, 0.05) is 17.0 Å². The normalized spacial score (nSPS) is 14.4. The number of hydrogen-bond acceptors (Lipinski definition) is 1.